The molecule has 2 fully saturated rings. The van der Waals surface area contributed by atoms with Gasteiger partial charge in [0.15, 0.2) is 22.5 Å². The Kier molecular flexibility index (Phi) is 6.86. The summed E-state index contributed by atoms with van der Waals surface area (Å²) in [5, 5.41) is 0.671. The number of hydrogen-bond donors (Lipinski definition) is 1. The Morgan fingerprint density at radius 3 is 2.50 bits per heavy atom. The average molecular weight is 519 g/mol. The molecule has 2 aliphatic heterocycles. The highest BCUT2D eigenvalue weighted by atomic mass is 32.2. The Morgan fingerprint density at radius 1 is 1.14 bits per heavy atom. The SMILES string of the molecule is CSc1nc2cc(F)c(F)cc2n1C1CCN(C(=O)C2(F)CCN(Cc3ccnc(N)c3)CC2)CC1. The second-order valence-corrected chi connectivity index (χ2v) is 10.4. The molecule has 192 valence electrons. The summed E-state index contributed by atoms with van der Waals surface area (Å²) in [6.45, 7) is 2.44. The second kappa shape index (κ2) is 9.93. The summed E-state index contributed by atoms with van der Waals surface area (Å²) in [5.41, 5.74) is 5.83. The predicted molar refractivity (Wildman–Crippen MR) is 133 cm³/mol. The van der Waals surface area contributed by atoms with Crippen LogP contribution in [0, 0.1) is 11.6 Å². The molecule has 2 aliphatic rings. The first-order valence-electron chi connectivity index (χ1n) is 12.1. The van der Waals surface area contributed by atoms with Gasteiger partial charge < -0.3 is 15.2 Å². The van der Waals surface area contributed by atoms with Gasteiger partial charge in [0.1, 0.15) is 5.82 Å². The zero-order valence-electron chi connectivity index (χ0n) is 20.1. The third-order valence-corrected chi connectivity index (χ3v) is 7.94. The molecule has 4 heterocycles. The van der Waals surface area contributed by atoms with Crippen LogP contribution in [0.2, 0.25) is 0 Å². The van der Waals surface area contributed by atoms with Crippen LogP contribution in [0.3, 0.4) is 0 Å². The van der Waals surface area contributed by atoms with Crippen LogP contribution in [-0.4, -0.2) is 68.3 Å². The number of likely N-dealkylation sites (tertiary alicyclic amines) is 2. The van der Waals surface area contributed by atoms with Crippen molar-refractivity contribution >= 4 is 34.5 Å². The van der Waals surface area contributed by atoms with Gasteiger partial charge in [-0.1, -0.05) is 11.8 Å². The van der Waals surface area contributed by atoms with Crippen LogP contribution >= 0.6 is 11.8 Å². The van der Waals surface area contributed by atoms with E-state index in [0.717, 1.165) is 11.6 Å². The van der Waals surface area contributed by atoms with Gasteiger partial charge in [0.05, 0.1) is 11.0 Å². The number of hydrogen-bond acceptors (Lipinski definition) is 6. The number of fused-ring (bicyclic) bond motifs is 1. The van der Waals surface area contributed by atoms with E-state index >= 15 is 4.39 Å². The quantitative estimate of drug-likeness (QED) is 0.511. The third kappa shape index (κ3) is 4.78. The highest BCUT2D eigenvalue weighted by molar-refractivity contribution is 7.98. The van der Waals surface area contributed by atoms with E-state index in [2.05, 4.69) is 14.9 Å². The molecule has 2 aromatic heterocycles. The molecule has 11 heteroatoms. The van der Waals surface area contributed by atoms with Gasteiger partial charge in [-0.3, -0.25) is 9.69 Å². The number of rotatable bonds is 5. The monoisotopic (exact) mass is 518 g/mol. The van der Waals surface area contributed by atoms with E-state index < -0.39 is 23.2 Å². The molecule has 5 rings (SSSR count). The number of nitrogen functional groups attached to an aromatic ring is 1. The number of carbonyl (C=O) groups excluding carboxylic acids is 1. The van der Waals surface area contributed by atoms with E-state index in [4.69, 9.17) is 5.73 Å². The van der Waals surface area contributed by atoms with Crippen molar-refractivity contribution < 1.29 is 18.0 Å². The van der Waals surface area contributed by atoms with Gasteiger partial charge in [-0.25, -0.2) is 23.1 Å². The maximum atomic E-state index is 15.8. The first kappa shape index (κ1) is 24.9. The number of alkyl halides is 1. The normalized spacial score (nSPS) is 19.2. The standard InChI is InChI=1S/C25H29F3N6OS/c1-36-24-31-20-13-18(26)19(27)14-21(20)34(24)17-3-8-33(9-4-17)23(35)25(28)5-10-32(11-6-25)15-16-2-7-30-22(29)12-16/h2,7,12-14,17H,3-6,8-11,15H2,1H3,(H2,29,30). The van der Waals surface area contributed by atoms with Gasteiger partial charge in [-0.15, -0.1) is 0 Å². The largest absolute Gasteiger partial charge is 0.384 e. The number of imidazole rings is 1. The molecule has 0 radical (unpaired) electrons. The Labute approximate surface area is 211 Å². The average Bonchev–Trinajstić information content (AvgIpc) is 3.22. The van der Waals surface area contributed by atoms with Gasteiger partial charge in [0, 0.05) is 69.9 Å². The van der Waals surface area contributed by atoms with E-state index in [9.17, 15) is 13.6 Å². The molecule has 36 heavy (non-hydrogen) atoms. The van der Waals surface area contributed by atoms with Crippen LogP contribution in [0.1, 0.15) is 37.3 Å². The summed E-state index contributed by atoms with van der Waals surface area (Å²) in [7, 11) is 0. The number of amides is 1. The van der Waals surface area contributed by atoms with Gasteiger partial charge in [0.25, 0.3) is 5.91 Å². The highest BCUT2D eigenvalue weighted by Crippen LogP contribution is 2.35. The molecule has 0 unspecified atom stereocenters. The van der Waals surface area contributed by atoms with Crippen molar-refractivity contribution in [2.24, 2.45) is 0 Å². The second-order valence-electron chi connectivity index (χ2n) is 9.58. The molecule has 0 spiro atoms. The lowest BCUT2D eigenvalue weighted by atomic mass is 9.90. The van der Waals surface area contributed by atoms with E-state index in [-0.39, 0.29) is 18.9 Å². The topological polar surface area (TPSA) is 80.3 Å². The number of anilines is 1. The van der Waals surface area contributed by atoms with Crippen molar-refractivity contribution in [3.05, 3.63) is 47.7 Å². The van der Waals surface area contributed by atoms with Gasteiger partial charge in [-0.2, -0.15) is 0 Å². The number of nitrogens with two attached hydrogens (primary N) is 1. The maximum Gasteiger partial charge on any atom is 0.260 e. The van der Waals surface area contributed by atoms with Crippen LogP contribution < -0.4 is 5.73 Å². The third-order valence-electron chi connectivity index (χ3n) is 7.28. The number of pyridine rings is 1. The highest BCUT2D eigenvalue weighted by Gasteiger charge is 2.45. The van der Waals surface area contributed by atoms with Gasteiger partial charge in [0.2, 0.25) is 0 Å². The molecule has 0 atom stereocenters. The number of thioether (sulfide) groups is 1. The van der Waals surface area contributed by atoms with Crippen molar-refractivity contribution in [3.8, 4) is 0 Å². The fourth-order valence-electron chi connectivity index (χ4n) is 5.31. The Morgan fingerprint density at radius 2 is 1.83 bits per heavy atom. The molecule has 0 bridgehead atoms. The minimum Gasteiger partial charge on any atom is -0.384 e. The molecule has 1 amide bonds. The number of halogens is 3. The van der Waals surface area contributed by atoms with Gasteiger partial charge >= 0.3 is 0 Å². The lowest BCUT2D eigenvalue weighted by molar-refractivity contribution is -0.149. The molecule has 2 N–H and O–H groups in total. The van der Waals surface area contributed by atoms with Crippen molar-refractivity contribution in [3.63, 3.8) is 0 Å². The number of piperidine rings is 2. The lowest BCUT2D eigenvalue weighted by Gasteiger charge is -2.40. The fraction of sp³-hybridized carbons (Fsp3) is 0.480. The summed E-state index contributed by atoms with van der Waals surface area (Å²) < 4.78 is 45.4. The molecule has 0 saturated carbocycles. The molecule has 3 aromatic rings. The molecular weight excluding hydrogens is 489 g/mol. The molecule has 1 aromatic carbocycles. The minimum absolute atomic E-state index is 0.0310. The Bertz CT molecular complexity index is 1270. The van der Waals surface area contributed by atoms with E-state index in [1.54, 1.807) is 11.1 Å². The summed E-state index contributed by atoms with van der Waals surface area (Å²) in [6.07, 6.45) is 5.02. The van der Waals surface area contributed by atoms with Crippen LogP contribution in [0.5, 0.6) is 0 Å². The predicted octanol–water partition coefficient (Wildman–Crippen LogP) is 4.18. The van der Waals surface area contributed by atoms with Crippen molar-refractivity contribution in [2.45, 2.75) is 49.1 Å². The Balaban J connectivity index is 1.22. The van der Waals surface area contributed by atoms with Crippen LogP contribution in [-0.2, 0) is 11.3 Å². The van der Waals surface area contributed by atoms with Gasteiger partial charge in [-0.05, 0) is 36.8 Å². The van der Waals surface area contributed by atoms with E-state index in [1.807, 2.05) is 23.0 Å². The fourth-order valence-corrected chi connectivity index (χ4v) is 5.94. The number of carbonyl (C=O) groups is 1. The lowest BCUT2D eigenvalue weighted by Crippen LogP contribution is -2.53. The minimum atomic E-state index is -1.87. The van der Waals surface area contributed by atoms with Crippen molar-refractivity contribution in [1.82, 2.24) is 24.3 Å². The molecule has 7 nitrogen and oxygen atoms in total. The van der Waals surface area contributed by atoms with Crippen molar-refractivity contribution in [2.75, 3.05) is 38.2 Å². The maximum absolute atomic E-state index is 15.8. The summed E-state index contributed by atoms with van der Waals surface area (Å²) in [4.78, 5) is 25.4. The number of benzene rings is 1. The van der Waals surface area contributed by atoms with E-state index in [1.165, 1.54) is 17.8 Å². The van der Waals surface area contributed by atoms with Crippen LogP contribution in [0.25, 0.3) is 11.0 Å². The Hall–Kier alpha value is -2.79. The molecule has 0 aliphatic carbocycles. The summed E-state index contributed by atoms with van der Waals surface area (Å²) in [6, 6.07) is 5.96. The first-order chi connectivity index (χ1) is 17.3. The van der Waals surface area contributed by atoms with E-state index in [0.29, 0.717) is 67.6 Å². The summed E-state index contributed by atoms with van der Waals surface area (Å²) >= 11 is 1.41. The number of aromatic nitrogens is 3. The molecule has 2 saturated heterocycles. The smallest absolute Gasteiger partial charge is 0.260 e. The summed E-state index contributed by atoms with van der Waals surface area (Å²) in [5.74, 6) is -1.83. The molecular formula is C25H29F3N6OS. The van der Waals surface area contributed by atoms with Crippen LogP contribution in [0.15, 0.2) is 35.6 Å². The van der Waals surface area contributed by atoms with Crippen LogP contribution in [0.4, 0.5) is 19.0 Å². The van der Waals surface area contributed by atoms with Crippen molar-refractivity contribution in [1.29, 1.82) is 0 Å². The zero-order chi connectivity index (χ0) is 25.4. The number of nitrogens with zero attached hydrogens (tertiary/aromatic N) is 5. The zero-order valence-corrected chi connectivity index (χ0v) is 20.9. The first-order valence-corrected chi connectivity index (χ1v) is 13.3.